The van der Waals surface area contributed by atoms with Gasteiger partial charge in [-0.1, -0.05) is 18.9 Å². The Bertz CT molecular complexity index is 388. The molecule has 0 aliphatic heterocycles. The number of ether oxygens (including phenoxy) is 2. The molecule has 2 rings (SSSR count). The normalized spacial score (nSPS) is 16.4. The van der Waals surface area contributed by atoms with E-state index in [1.165, 1.54) is 24.8 Å². The largest absolute Gasteiger partial charge is 0.497 e. The van der Waals surface area contributed by atoms with Crippen LogP contribution >= 0.6 is 0 Å². The van der Waals surface area contributed by atoms with Crippen molar-refractivity contribution in [3.63, 3.8) is 0 Å². The van der Waals surface area contributed by atoms with Gasteiger partial charge in [0.15, 0.2) is 0 Å². The van der Waals surface area contributed by atoms with Crippen molar-refractivity contribution in [2.75, 3.05) is 20.8 Å². The predicted molar refractivity (Wildman–Crippen MR) is 73.3 cm³/mol. The van der Waals surface area contributed by atoms with Gasteiger partial charge in [-0.2, -0.15) is 0 Å². The first kappa shape index (κ1) is 13.2. The quantitative estimate of drug-likeness (QED) is 0.805. The summed E-state index contributed by atoms with van der Waals surface area (Å²) < 4.78 is 11.2. The summed E-state index contributed by atoms with van der Waals surface area (Å²) >= 11 is 0. The SMILES string of the molecule is CNC(C)c1ccc(OC)cc1OCCC1CC1. The average molecular weight is 249 g/mol. The number of benzene rings is 1. The van der Waals surface area contributed by atoms with Crippen molar-refractivity contribution >= 4 is 0 Å². The van der Waals surface area contributed by atoms with E-state index in [1.54, 1.807) is 7.11 Å². The van der Waals surface area contributed by atoms with Crippen LogP contribution in [0.5, 0.6) is 11.5 Å². The fraction of sp³-hybridized carbons (Fsp3) is 0.600. The van der Waals surface area contributed by atoms with Crippen LogP contribution in [-0.4, -0.2) is 20.8 Å². The summed E-state index contributed by atoms with van der Waals surface area (Å²) in [5, 5.41) is 3.25. The fourth-order valence-corrected chi connectivity index (χ4v) is 2.02. The van der Waals surface area contributed by atoms with Gasteiger partial charge in [0.05, 0.1) is 13.7 Å². The molecule has 1 aromatic rings. The number of rotatable bonds is 7. The minimum absolute atomic E-state index is 0.284. The third-order valence-electron chi connectivity index (χ3n) is 3.60. The highest BCUT2D eigenvalue weighted by Crippen LogP contribution is 2.34. The van der Waals surface area contributed by atoms with Crippen molar-refractivity contribution in [2.45, 2.75) is 32.2 Å². The number of methoxy groups -OCH3 is 1. The molecular formula is C15H23NO2. The standard InChI is InChI=1S/C15H23NO2/c1-11(16-2)14-7-6-13(17-3)10-15(14)18-9-8-12-4-5-12/h6-7,10-12,16H,4-5,8-9H2,1-3H3. The molecule has 1 fully saturated rings. The molecule has 0 bridgehead atoms. The zero-order valence-corrected chi connectivity index (χ0v) is 11.5. The molecule has 1 saturated carbocycles. The van der Waals surface area contributed by atoms with E-state index in [-0.39, 0.29) is 6.04 Å². The minimum Gasteiger partial charge on any atom is -0.497 e. The van der Waals surface area contributed by atoms with Crippen LogP contribution in [0.3, 0.4) is 0 Å². The van der Waals surface area contributed by atoms with E-state index in [0.717, 1.165) is 24.0 Å². The Morgan fingerprint density at radius 1 is 1.39 bits per heavy atom. The van der Waals surface area contributed by atoms with Crippen LogP contribution in [0.2, 0.25) is 0 Å². The van der Waals surface area contributed by atoms with Gasteiger partial charge in [-0.05, 0) is 32.4 Å². The lowest BCUT2D eigenvalue weighted by Crippen LogP contribution is -2.14. The molecule has 0 aromatic heterocycles. The Balaban J connectivity index is 2.06. The lowest BCUT2D eigenvalue weighted by molar-refractivity contribution is 0.295. The molecule has 0 radical (unpaired) electrons. The molecule has 18 heavy (non-hydrogen) atoms. The maximum Gasteiger partial charge on any atom is 0.127 e. The van der Waals surface area contributed by atoms with Gasteiger partial charge in [0.25, 0.3) is 0 Å². The highest BCUT2D eigenvalue weighted by atomic mass is 16.5. The van der Waals surface area contributed by atoms with E-state index in [1.807, 2.05) is 19.2 Å². The van der Waals surface area contributed by atoms with Crippen molar-refractivity contribution in [3.05, 3.63) is 23.8 Å². The summed E-state index contributed by atoms with van der Waals surface area (Å²) in [5.41, 5.74) is 1.19. The van der Waals surface area contributed by atoms with Gasteiger partial charge in [-0.25, -0.2) is 0 Å². The highest BCUT2D eigenvalue weighted by molar-refractivity contribution is 5.42. The van der Waals surface area contributed by atoms with Gasteiger partial charge in [0, 0.05) is 17.7 Å². The Morgan fingerprint density at radius 3 is 2.78 bits per heavy atom. The lowest BCUT2D eigenvalue weighted by Gasteiger charge is -2.17. The average Bonchev–Trinajstić information content (AvgIpc) is 3.22. The van der Waals surface area contributed by atoms with Gasteiger partial charge in [0.1, 0.15) is 11.5 Å². The molecule has 1 N–H and O–H groups in total. The molecule has 0 amide bonds. The zero-order valence-electron chi connectivity index (χ0n) is 11.5. The van der Waals surface area contributed by atoms with Gasteiger partial charge in [-0.15, -0.1) is 0 Å². The second-order valence-electron chi connectivity index (χ2n) is 4.99. The van der Waals surface area contributed by atoms with Gasteiger partial charge >= 0.3 is 0 Å². The van der Waals surface area contributed by atoms with Crippen LogP contribution in [-0.2, 0) is 0 Å². The zero-order chi connectivity index (χ0) is 13.0. The Labute approximate surface area is 109 Å². The minimum atomic E-state index is 0.284. The first-order chi connectivity index (χ1) is 8.74. The summed E-state index contributed by atoms with van der Waals surface area (Å²) in [4.78, 5) is 0. The Morgan fingerprint density at radius 2 is 2.17 bits per heavy atom. The van der Waals surface area contributed by atoms with Crippen LogP contribution in [0.25, 0.3) is 0 Å². The van der Waals surface area contributed by atoms with E-state index in [4.69, 9.17) is 9.47 Å². The number of hydrogen-bond donors (Lipinski definition) is 1. The van der Waals surface area contributed by atoms with Crippen LogP contribution in [0, 0.1) is 5.92 Å². The molecule has 0 heterocycles. The maximum atomic E-state index is 5.93. The van der Waals surface area contributed by atoms with Gasteiger partial charge in [-0.3, -0.25) is 0 Å². The van der Waals surface area contributed by atoms with Crippen LogP contribution in [0.15, 0.2) is 18.2 Å². The van der Waals surface area contributed by atoms with Crippen molar-refractivity contribution in [2.24, 2.45) is 5.92 Å². The summed E-state index contributed by atoms with van der Waals surface area (Å²) in [5.74, 6) is 2.70. The van der Waals surface area contributed by atoms with Crippen molar-refractivity contribution < 1.29 is 9.47 Å². The number of hydrogen-bond acceptors (Lipinski definition) is 3. The first-order valence-corrected chi connectivity index (χ1v) is 6.72. The molecule has 1 aliphatic rings. The number of nitrogens with one attached hydrogen (secondary N) is 1. The Hall–Kier alpha value is -1.22. The van der Waals surface area contributed by atoms with Crippen LogP contribution in [0.4, 0.5) is 0 Å². The molecule has 1 aromatic carbocycles. The van der Waals surface area contributed by atoms with E-state index in [2.05, 4.69) is 18.3 Å². The van der Waals surface area contributed by atoms with E-state index in [0.29, 0.717) is 0 Å². The van der Waals surface area contributed by atoms with E-state index >= 15 is 0 Å². The lowest BCUT2D eigenvalue weighted by atomic mass is 10.1. The van der Waals surface area contributed by atoms with Crippen molar-refractivity contribution in [1.29, 1.82) is 0 Å². The van der Waals surface area contributed by atoms with Gasteiger partial charge < -0.3 is 14.8 Å². The third-order valence-corrected chi connectivity index (χ3v) is 3.60. The molecule has 1 atom stereocenters. The van der Waals surface area contributed by atoms with Crippen molar-refractivity contribution in [3.8, 4) is 11.5 Å². The fourth-order valence-electron chi connectivity index (χ4n) is 2.02. The second-order valence-corrected chi connectivity index (χ2v) is 4.99. The van der Waals surface area contributed by atoms with Crippen LogP contribution < -0.4 is 14.8 Å². The topological polar surface area (TPSA) is 30.5 Å². The molecule has 0 saturated heterocycles. The van der Waals surface area contributed by atoms with Crippen molar-refractivity contribution in [1.82, 2.24) is 5.32 Å². The van der Waals surface area contributed by atoms with E-state index < -0.39 is 0 Å². The highest BCUT2D eigenvalue weighted by Gasteiger charge is 2.21. The summed E-state index contributed by atoms with van der Waals surface area (Å²) in [6.07, 6.45) is 3.92. The summed E-state index contributed by atoms with van der Waals surface area (Å²) in [6, 6.07) is 6.33. The van der Waals surface area contributed by atoms with Crippen LogP contribution in [0.1, 0.15) is 37.8 Å². The molecule has 1 unspecified atom stereocenters. The summed E-state index contributed by atoms with van der Waals surface area (Å²) in [7, 11) is 3.65. The van der Waals surface area contributed by atoms with Gasteiger partial charge in [0.2, 0.25) is 0 Å². The molecular weight excluding hydrogens is 226 g/mol. The van der Waals surface area contributed by atoms with E-state index in [9.17, 15) is 0 Å². The summed E-state index contributed by atoms with van der Waals surface area (Å²) in [6.45, 7) is 2.94. The molecule has 1 aliphatic carbocycles. The Kier molecular flexibility index (Phi) is 4.48. The molecule has 3 nitrogen and oxygen atoms in total. The maximum absolute atomic E-state index is 5.93. The molecule has 100 valence electrons. The monoisotopic (exact) mass is 249 g/mol. The smallest absolute Gasteiger partial charge is 0.127 e. The first-order valence-electron chi connectivity index (χ1n) is 6.72. The third kappa shape index (κ3) is 3.39. The second kappa shape index (κ2) is 6.10. The predicted octanol–water partition coefficient (Wildman–Crippen LogP) is 3.15. The molecule has 3 heteroatoms. The molecule has 0 spiro atoms.